The molecule has 0 radical (unpaired) electrons. The molecule has 112 valence electrons. The van der Waals surface area contributed by atoms with Crippen LogP contribution in [-0.4, -0.2) is 38.2 Å². The average Bonchev–Trinajstić information content (AvgIpc) is 2.47. The topological polar surface area (TPSA) is 24.5 Å². The quantitative estimate of drug-likeness (QED) is 0.927. The zero-order valence-corrected chi connectivity index (χ0v) is 13.0. The molecule has 2 aliphatic rings. The molecule has 0 spiro atoms. The monoisotopic (exact) mass is 296 g/mol. The summed E-state index contributed by atoms with van der Waals surface area (Å²) in [5.74, 6) is 1.87. The van der Waals surface area contributed by atoms with Gasteiger partial charge < -0.3 is 10.1 Å². The fourth-order valence-electron chi connectivity index (χ4n) is 3.30. The first-order valence-corrected chi connectivity index (χ1v) is 7.44. The zero-order valence-electron chi connectivity index (χ0n) is 12.2. The minimum Gasteiger partial charge on any atom is -0.497 e. The summed E-state index contributed by atoms with van der Waals surface area (Å²) in [5.41, 5.74) is 2.96. The van der Waals surface area contributed by atoms with E-state index in [4.69, 9.17) is 4.74 Å². The van der Waals surface area contributed by atoms with E-state index in [0.29, 0.717) is 0 Å². The number of rotatable bonds is 3. The molecule has 1 aromatic rings. The van der Waals surface area contributed by atoms with E-state index >= 15 is 0 Å². The Balaban J connectivity index is 0.00000147. The fourth-order valence-corrected chi connectivity index (χ4v) is 3.30. The van der Waals surface area contributed by atoms with Gasteiger partial charge in [0.25, 0.3) is 0 Å². The number of halogens is 1. The van der Waals surface area contributed by atoms with Crippen molar-refractivity contribution in [2.24, 2.45) is 5.92 Å². The Morgan fingerprint density at radius 3 is 2.80 bits per heavy atom. The molecule has 2 aliphatic heterocycles. The maximum absolute atomic E-state index is 5.34. The van der Waals surface area contributed by atoms with Crippen LogP contribution in [0.25, 0.3) is 0 Å². The van der Waals surface area contributed by atoms with Gasteiger partial charge in [0.1, 0.15) is 5.75 Å². The second kappa shape index (κ2) is 7.30. The Bertz CT molecular complexity index is 432. The van der Waals surface area contributed by atoms with Crippen molar-refractivity contribution >= 4 is 12.4 Å². The van der Waals surface area contributed by atoms with Gasteiger partial charge in [-0.05, 0) is 61.5 Å². The van der Waals surface area contributed by atoms with Gasteiger partial charge in [-0.25, -0.2) is 0 Å². The van der Waals surface area contributed by atoms with Crippen molar-refractivity contribution in [3.63, 3.8) is 0 Å². The van der Waals surface area contributed by atoms with Crippen molar-refractivity contribution < 1.29 is 4.74 Å². The molecular formula is C16H25ClN2O. The lowest BCUT2D eigenvalue weighted by Gasteiger charge is -2.33. The Morgan fingerprint density at radius 2 is 2.05 bits per heavy atom. The predicted octanol–water partition coefficient (Wildman–Crippen LogP) is 2.47. The first-order chi connectivity index (χ1) is 9.35. The molecule has 0 atom stereocenters. The van der Waals surface area contributed by atoms with Crippen molar-refractivity contribution in [3.8, 4) is 5.75 Å². The maximum atomic E-state index is 5.34. The lowest BCUT2D eigenvalue weighted by atomic mass is 9.94. The summed E-state index contributed by atoms with van der Waals surface area (Å²) in [6.07, 6.45) is 3.85. The summed E-state index contributed by atoms with van der Waals surface area (Å²) < 4.78 is 5.34. The number of fused-ring (bicyclic) bond motifs is 1. The van der Waals surface area contributed by atoms with Crippen LogP contribution in [0, 0.1) is 5.92 Å². The summed E-state index contributed by atoms with van der Waals surface area (Å²) in [4.78, 5) is 2.62. The lowest BCUT2D eigenvalue weighted by Crippen LogP contribution is -2.38. The lowest BCUT2D eigenvalue weighted by molar-refractivity contribution is 0.191. The van der Waals surface area contributed by atoms with Crippen LogP contribution in [0.1, 0.15) is 24.0 Å². The van der Waals surface area contributed by atoms with Crippen LogP contribution >= 0.6 is 12.4 Å². The minimum atomic E-state index is 0. The predicted molar refractivity (Wildman–Crippen MR) is 84.8 cm³/mol. The van der Waals surface area contributed by atoms with E-state index in [-0.39, 0.29) is 12.4 Å². The molecule has 0 bridgehead atoms. The normalized spacial score (nSPS) is 20.1. The van der Waals surface area contributed by atoms with Crippen molar-refractivity contribution in [1.82, 2.24) is 10.2 Å². The largest absolute Gasteiger partial charge is 0.497 e. The second-order valence-electron chi connectivity index (χ2n) is 5.81. The van der Waals surface area contributed by atoms with E-state index in [2.05, 4.69) is 28.4 Å². The molecule has 0 aromatic heterocycles. The van der Waals surface area contributed by atoms with E-state index in [0.717, 1.165) is 18.2 Å². The number of methoxy groups -OCH3 is 1. The molecule has 0 aliphatic carbocycles. The third kappa shape index (κ3) is 3.66. The highest BCUT2D eigenvalue weighted by atomic mass is 35.5. The molecule has 0 saturated carbocycles. The maximum Gasteiger partial charge on any atom is 0.119 e. The third-order valence-corrected chi connectivity index (χ3v) is 4.48. The first-order valence-electron chi connectivity index (χ1n) is 7.44. The molecule has 3 rings (SSSR count). The van der Waals surface area contributed by atoms with Crippen molar-refractivity contribution in [2.45, 2.75) is 25.8 Å². The highest BCUT2D eigenvalue weighted by Crippen LogP contribution is 2.25. The van der Waals surface area contributed by atoms with E-state index in [1.807, 2.05) is 0 Å². The van der Waals surface area contributed by atoms with Crippen molar-refractivity contribution in [1.29, 1.82) is 0 Å². The molecular weight excluding hydrogens is 272 g/mol. The standard InChI is InChI=1S/C16H24N2O.ClH/c1-19-16-3-2-14-6-9-18(12-15(14)10-16)11-13-4-7-17-8-5-13;/h2-3,10,13,17H,4-9,11-12H2,1H3;1H. The number of ether oxygens (including phenoxy) is 1. The van der Waals surface area contributed by atoms with Gasteiger partial charge in [0.15, 0.2) is 0 Å². The molecule has 20 heavy (non-hydrogen) atoms. The van der Waals surface area contributed by atoms with Crippen LogP contribution in [0.15, 0.2) is 18.2 Å². The van der Waals surface area contributed by atoms with E-state index in [1.165, 1.54) is 56.6 Å². The van der Waals surface area contributed by atoms with E-state index in [1.54, 1.807) is 7.11 Å². The van der Waals surface area contributed by atoms with Crippen LogP contribution in [0.4, 0.5) is 0 Å². The molecule has 4 heteroatoms. The average molecular weight is 297 g/mol. The number of nitrogens with one attached hydrogen (secondary N) is 1. The number of nitrogens with zero attached hydrogens (tertiary/aromatic N) is 1. The van der Waals surface area contributed by atoms with Gasteiger partial charge in [0.2, 0.25) is 0 Å². The summed E-state index contributed by atoms with van der Waals surface area (Å²) in [6, 6.07) is 6.53. The Hall–Kier alpha value is -0.770. The van der Waals surface area contributed by atoms with Crippen molar-refractivity contribution in [2.75, 3.05) is 33.3 Å². The van der Waals surface area contributed by atoms with Crippen LogP contribution in [0.5, 0.6) is 5.75 Å². The smallest absolute Gasteiger partial charge is 0.119 e. The Morgan fingerprint density at radius 1 is 1.25 bits per heavy atom. The number of piperidine rings is 1. The number of hydrogen-bond acceptors (Lipinski definition) is 3. The van der Waals surface area contributed by atoms with Crippen molar-refractivity contribution in [3.05, 3.63) is 29.3 Å². The van der Waals surface area contributed by atoms with Crippen LogP contribution in [0.3, 0.4) is 0 Å². The molecule has 1 N–H and O–H groups in total. The minimum absolute atomic E-state index is 0. The Kier molecular flexibility index (Phi) is 5.70. The Labute approximate surface area is 128 Å². The molecule has 0 amide bonds. The molecule has 1 aromatic carbocycles. The summed E-state index contributed by atoms with van der Waals surface area (Å²) >= 11 is 0. The molecule has 1 fully saturated rings. The number of hydrogen-bond donors (Lipinski definition) is 1. The molecule has 1 saturated heterocycles. The summed E-state index contributed by atoms with van der Waals surface area (Å²) in [6.45, 7) is 5.96. The zero-order chi connectivity index (χ0) is 13.1. The summed E-state index contributed by atoms with van der Waals surface area (Å²) in [5, 5.41) is 3.45. The fraction of sp³-hybridized carbons (Fsp3) is 0.625. The van der Waals surface area contributed by atoms with Crippen LogP contribution in [-0.2, 0) is 13.0 Å². The van der Waals surface area contributed by atoms with Gasteiger partial charge in [0, 0.05) is 19.6 Å². The van der Waals surface area contributed by atoms with Gasteiger partial charge in [-0.1, -0.05) is 6.07 Å². The number of benzene rings is 1. The van der Waals surface area contributed by atoms with E-state index < -0.39 is 0 Å². The van der Waals surface area contributed by atoms with Gasteiger partial charge >= 0.3 is 0 Å². The molecule has 2 heterocycles. The van der Waals surface area contributed by atoms with Gasteiger partial charge in [-0.3, -0.25) is 4.90 Å². The van der Waals surface area contributed by atoms with E-state index in [9.17, 15) is 0 Å². The molecule has 3 nitrogen and oxygen atoms in total. The first kappa shape index (κ1) is 15.6. The van der Waals surface area contributed by atoms with Gasteiger partial charge in [-0.15, -0.1) is 12.4 Å². The summed E-state index contributed by atoms with van der Waals surface area (Å²) in [7, 11) is 1.75. The third-order valence-electron chi connectivity index (χ3n) is 4.48. The molecule has 0 unspecified atom stereocenters. The second-order valence-corrected chi connectivity index (χ2v) is 5.81. The van der Waals surface area contributed by atoms with Gasteiger partial charge in [0.05, 0.1) is 7.11 Å². The highest BCUT2D eigenvalue weighted by molar-refractivity contribution is 5.85. The SMILES string of the molecule is COc1ccc2c(c1)CN(CC1CCNCC1)CC2.Cl. The van der Waals surface area contributed by atoms with Crippen LogP contribution < -0.4 is 10.1 Å². The highest BCUT2D eigenvalue weighted by Gasteiger charge is 2.21. The van der Waals surface area contributed by atoms with Gasteiger partial charge in [-0.2, -0.15) is 0 Å². The van der Waals surface area contributed by atoms with Crippen LogP contribution in [0.2, 0.25) is 0 Å².